The Morgan fingerprint density at radius 1 is 1.06 bits per heavy atom. The summed E-state index contributed by atoms with van der Waals surface area (Å²) < 4.78 is 26.3. The molecule has 92 valence electrons. The van der Waals surface area contributed by atoms with Gasteiger partial charge in [0.15, 0.2) is 5.78 Å². The van der Waals surface area contributed by atoms with E-state index in [0.29, 0.717) is 0 Å². The highest BCUT2D eigenvalue weighted by Gasteiger charge is 2.23. The predicted octanol–water partition coefficient (Wildman–Crippen LogP) is 4.12. The number of rotatable bonds is 2. The van der Waals surface area contributed by atoms with Crippen molar-refractivity contribution in [2.24, 2.45) is 5.92 Å². The number of carbonyl (C=O) groups excluding carboxylic acids is 1. The number of halogens is 2. The molecule has 1 aliphatic carbocycles. The first-order valence-corrected chi connectivity index (χ1v) is 6.18. The van der Waals surface area contributed by atoms with Crippen LogP contribution in [0.1, 0.15) is 48.9 Å². The molecule has 1 aromatic carbocycles. The Bertz CT molecular complexity index is 407. The molecule has 0 saturated heterocycles. The first kappa shape index (κ1) is 12.2. The fourth-order valence-corrected chi connectivity index (χ4v) is 2.45. The van der Waals surface area contributed by atoms with Crippen molar-refractivity contribution in [2.75, 3.05) is 0 Å². The third kappa shape index (κ3) is 2.90. The molecule has 2 rings (SSSR count). The molecule has 0 atom stereocenters. The van der Waals surface area contributed by atoms with E-state index >= 15 is 0 Å². The van der Waals surface area contributed by atoms with Gasteiger partial charge in [0.2, 0.25) is 0 Å². The minimum Gasteiger partial charge on any atom is -0.294 e. The van der Waals surface area contributed by atoms with E-state index in [9.17, 15) is 13.6 Å². The van der Waals surface area contributed by atoms with Crippen molar-refractivity contribution >= 4 is 5.78 Å². The van der Waals surface area contributed by atoms with E-state index in [1.165, 1.54) is 6.07 Å². The molecule has 1 nitrogen and oxygen atoms in total. The Kier molecular flexibility index (Phi) is 3.87. The van der Waals surface area contributed by atoms with E-state index in [1.54, 1.807) is 0 Å². The van der Waals surface area contributed by atoms with E-state index in [4.69, 9.17) is 0 Å². The highest BCUT2D eigenvalue weighted by atomic mass is 19.1. The van der Waals surface area contributed by atoms with Gasteiger partial charge in [-0.3, -0.25) is 4.79 Å². The summed E-state index contributed by atoms with van der Waals surface area (Å²) in [4.78, 5) is 12.1. The van der Waals surface area contributed by atoms with Crippen LogP contribution in [0.15, 0.2) is 18.2 Å². The van der Waals surface area contributed by atoms with Crippen LogP contribution in [-0.4, -0.2) is 5.78 Å². The summed E-state index contributed by atoms with van der Waals surface area (Å²) in [6, 6.07) is 3.19. The maximum absolute atomic E-state index is 13.5. The highest BCUT2D eigenvalue weighted by molar-refractivity contribution is 5.98. The minimum atomic E-state index is -0.737. The number of carbonyl (C=O) groups is 1. The number of Topliss-reactive ketones (excluding diaryl/α,β-unsaturated/α-hetero) is 1. The van der Waals surface area contributed by atoms with E-state index < -0.39 is 11.6 Å². The molecule has 0 heterocycles. The van der Waals surface area contributed by atoms with Crippen LogP contribution in [0.2, 0.25) is 0 Å². The molecule has 0 N–H and O–H groups in total. The lowest BCUT2D eigenvalue weighted by atomic mass is 9.91. The lowest BCUT2D eigenvalue weighted by molar-refractivity contribution is 0.0903. The summed E-state index contributed by atoms with van der Waals surface area (Å²) in [5.74, 6) is -1.62. The van der Waals surface area contributed by atoms with Gasteiger partial charge in [0.1, 0.15) is 11.6 Å². The van der Waals surface area contributed by atoms with Crippen LogP contribution in [-0.2, 0) is 0 Å². The monoisotopic (exact) mass is 238 g/mol. The van der Waals surface area contributed by atoms with Crippen molar-refractivity contribution in [2.45, 2.75) is 38.5 Å². The average molecular weight is 238 g/mol. The van der Waals surface area contributed by atoms with Crippen LogP contribution < -0.4 is 0 Å². The van der Waals surface area contributed by atoms with Gasteiger partial charge in [-0.25, -0.2) is 8.78 Å². The second-order valence-corrected chi connectivity index (χ2v) is 4.68. The third-order valence-corrected chi connectivity index (χ3v) is 3.42. The molecule has 0 spiro atoms. The predicted molar refractivity (Wildman–Crippen MR) is 61.9 cm³/mol. The second-order valence-electron chi connectivity index (χ2n) is 4.68. The molecule has 0 aliphatic heterocycles. The van der Waals surface area contributed by atoms with Crippen molar-refractivity contribution in [1.82, 2.24) is 0 Å². The molecule has 3 heteroatoms. The maximum Gasteiger partial charge on any atom is 0.168 e. The lowest BCUT2D eigenvalue weighted by Gasteiger charge is -2.13. The van der Waals surface area contributed by atoms with Gasteiger partial charge in [-0.05, 0) is 25.0 Å². The standard InChI is InChI=1S/C14H16F2O/c15-11-7-8-12(13(16)9-11)14(17)10-5-3-1-2-4-6-10/h7-10H,1-6H2. The maximum atomic E-state index is 13.5. The summed E-state index contributed by atoms with van der Waals surface area (Å²) in [7, 11) is 0. The molecule has 0 aromatic heterocycles. The largest absolute Gasteiger partial charge is 0.294 e. The zero-order valence-corrected chi connectivity index (χ0v) is 9.72. The molecule has 0 bridgehead atoms. The summed E-state index contributed by atoms with van der Waals surface area (Å²) in [5.41, 5.74) is 0.0401. The van der Waals surface area contributed by atoms with E-state index in [2.05, 4.69) is 0 Å². The van der Waals surface area contributed by atoms with Crippen LogP contribution in [0.4, 0.5) is 8.78 Å². The van der Waals surface area contributed by atoms with Crippen molar-refractivity contribution in [3.63, 3.8) is 0 Å². The molecule has 0 unspecified atom stereocenters. The van der Waals surface area contributed by atoms with Crippen molar-refractivity contribution < 1.29 is 13.6 Å². The first-order chi connectivity index (χ1) is 8.18. The zero-order chi connectivity index (χ0) is 12.3. The van der Waals surface area contributed by atoms with Crippen LogP contribution in [0, 0.1) is 17.6 Å². The molecule has 1 aromatic rings. The Morgan fingerprint density at radius 2 is 1.71 bits per heavy atom. The van der Waals surface area contributed by atoms with Gasteiger partial charge in [-0.2, -0.15) is 0 Å². The van der Waals surface area contributed by atoms with Crippen LogP contribution in [0.3, 0.4) is 0 Å². The quantitative estimate of drug-likeness (QED) is 0.559. The van der Waals surface area contributed by atoms with Gasteiger partial charge in [-0.15, -0.1) is 0 Å². The summed E-state index contributed by atoms with van der Waals surface area (Å²) >= 11 is 0. The normalized spacial score (nSPS) is 17.8. The minimum absolute atomic E-state index is 0.0401. The summed E-state index contributed by atoms with van der Waals surface area (Å²) in [5, 5.41) is 0. The smallest absolute Gasteiger partial charge is 0.168 e. The molecule has 1 aliphatic rings. The van der Waals surface area contributed by atoms with Crippen molar-refractivity contribution in [3.8, 4) is 0 Å². The number of ketones is 1. The Morgan fingerprint density at radius 3 is 2.29 bits per heavy atom. The molecular weight excluding hydrogens is 222 g/mol. The molecule has 0 amide bonds. The van der Waals surface area contributed by atoms with Gasteiger partial charge in [0.25, 0.3) is 0 Å². The Hall–Kier alpha value is -1.25. The summed E-state index contributed by atoms with van der Waals surface area (Å²) in [6.07, 6.45) is 6.01. The Labute approximate surface area is 99.8 Å². The summed E-state index contributed by atoms with van der Waals surface area (Å²) in [6.45, 7) is 0. The molecular formula is C14H16F2O. The van der Waals surface area contributed by atoms with Gasteiger partial charge >= 0.3 is 0 Å². The molecule has 1 saturated carbocycles. The SMILES string of the molecule is O=C(c1ccc(F)cc1F)C1CCCCCC1. The van der Waals surface area contributed by atoms with E-state index in [0.717, 1.165) is 50.7 Å². The number of benzene rings is 1. The first-order valence-electron chi connectivity index (χ1n) is 6.18. The van der Waals surface area contributed by atoms with Crippen molar-refractivity contribution in [3.05, 3.63) is 35.4 Å². The highest BCUT2D eigenvalue weighted by Crippen LogP contribution is 2.27. The van der Waals surface area contributed by atoms with Crippen LogP contribution in [0.25, 0.3) is 0 Å². The van der Waals surface area contributed by atoms with E-state index in [1.807, 2.05) is 0 Å². The van der Waals surface area contributed by atoms with Crippen LogP contribution in [0.5, 0.6) is 0 Å². The van der Waals surface area contributed by atoms with Gasteiger partial charge in [-0.1, -0.05) is 25.7 Å². The lowest BCUT2D eigenvalue weighted by Crippen LogP contribution is -2.15. The molecule has 0 radical (unpaired) electrons. The second kappa shape index (κ2) is 5.39. The van der Waals surface area contributed by atoms with Crippen molar-refractivity contribution in [1.29, 1.82) is 0 Å². The fraction of sp³-hybridized carbons (Fsp3) is 0.500. The molecule has 17 heavy (non-hydrogen) atoms. The average Bonchev–Trinajstić information content (AvgIpc) is 2.56. The number of hydrogen-bond acceptors (Lipinski definition) is 1. The molecule has 1 fully saturated rings. The van der Waals surface area contributed by atoms with Gasteiger partial charge in [0, 0.05) is 12.0 Å². The van der Waals surface area contributed by atoms with Gasteiger partial charge in [0.05, 0.1) is 5.56 Å². The van der Waals surface area contributed by atoms with E-state index in [-0.39, 0.29) is 17.3 Å². The Balaban J connectivity index is 2.17. The third-order valence-electron chi connectivity index (χ3n) is 3.42. The topological polar surface area (TPSA) is 17.1 Å². The zero-order valence-electron chi connectivity index (χ0n) is 9.72. The van der Waals surface area contributed by atoms with Gasteiger partial charge < -0.3 is 0 Å². The van der Waals surface area contributed by atoms with Crippen LogP contribution >= 0.6 is 0 Å². The number of hydrogen-bond donors (Lipinski definition) is 0. The fourth-order valence-electron chi connectivity index (χ4n) is 2.45.